The number of para-hydroxylation sites is 1. The van der Waals surface area contributed by atoms with Crippen LogP contribution in [0.5, 0.6) is 11.5 Å². The van der Waals surface area contributed by atoms with Crippen LogP contribution in [0.25, 0.3) is 10.9 Å². The molecule has 4 rings (SSSR count). The highest BCUT2D eigenvalue weighted by atomic mass is 16.5. The molecule has 1 aromatic heterocycles. The summed E-state index contributed by atoms with van der Waals surface area (Å²) in [5, 5.41) is 4.27. The van der Waals surface area contributed by atoms with E-state index in [4.69, 9.17) is 14.2 Å². The minimum atomic E-state index is -0.136. The van der Waals surface area contributed by atoms with Gasteiger partial charge in [0.05, 0.1) is 27.4 Å². The molecule has 1 saturated heterocycles. The van der Waals surface area contributed by atoms with E-state index in [-0.39, 0.29) is 11.8 Å². The molecule has 0 spiro atoms. The number of hydrogen-bond acceptors (Lipinski definition) is 5. The number of methoxy groups -OCH3 is 2. The van der Waals surface area contributed by atoms with Crippen molar-refractivity contribution >= 4 is 16.8 Å². The van der Waals surface area contributed by atoms with Gasteiger partial charge in [-0.3, -0.25) is 9.69 Å². The van der Waals surface area contributed by atoms with Crippen LogP contribution in [0, 0.1) is 0 Å². The van der Waals surface area contributed by atoms with Crippen LogP contribution in [0.1, 0.15) is 23.5 Å². The Bertz CT molecular complexity index is 1070. The number of carbonyl (C=O) groups excluding carboxylic acids is 1. The highest BCUT2D eigenvalue weighted by Gasteiger charge is 2.24. The van der Waals surface area contributed by atoms with Crippen molar-refractivity contribution in [3.63, 3.8) is 0 Å². The molecule has 1 atom stereocenters. The zero-order chi connectivity index (χ0) is 23.2. The second-order valence-electron chi connectivity index (χ2n) is 8.42. The van der Waals surface area contributed by atoms with E-state index >= 15 is 0 Å². The van der Waals surface area contributed by atoms with Crippen molar-refractivity contribution in [2.45, 2.75) is 12.3 Å². The van der Waals surface area contributed by atoms with Crippen LogP contribution in [-0.4, -0.2) is 69.0 Å². The van der Waals surface area contributed by atoms with Gasteiger partial charge < -0.3 is 24.1 Å². The largest absolute Gasteiger partial charge is 0.497 e. The lowest BCUT2D eigenvalue weighted by Crippen LogP contribution is -2.41. The van der Waals surface area contributed by atoms with Gasteiger partial charge in [0.2, 0.25) is 5.91 Å². The Hall–Kier alpha value is -3.03. The van der Waals surface area contributed by atoms with E-state index in [0.717, 1.165) is 54.9 Å². The van der Waals surface area contributed by atoms with E-state index in [1.165, 1.54) is 0 Å². The summed E-state index contributed by atoms with van der Waals surface area (Å²) in [6.45, 7) is 4.81. The molecule has 0 bridgehead atoms. The van der Waals surface area contributed by atoms with E-state index in [1.807, 2.05) is 37.4 Å². The highest BCUT2D eigenvalue weighted by Crippen LogP contribution is 2.37. The number of aryl methyl sites for hydroxylation is 1. The summed E-state index contributed by atoms with van der Waals surface area (Å²) in [4.78, 5) is 15.4. The number of carbonyl (C=O) groups is 1. The molecular formula is C26H33N3O4. The average molecular weight is 452 g/mol. The fourth-order valence-corrected chi connectivity index (χ4v) is 4.52. The van der Waals surface area contributed by atoms with Crippen LogP contribution in [0.2, 0.25) is 0 Å². The molecular weight excluding hydrogens is 418 g/mol. The zero-order valence-corrected chi connectivity index (χ0v) is 19.7. The van der Waals surface area contributed by atoms with Gasteiger partial charge in [-0.05, 0) is 29.3 Å². The first-order valence-corrected chi connectivity index (χ1v) is 11.4. The maximum atomic E-state index is 13.1. The molecule has 0 saturated carbocycles. The second-order valence-corrected chi connectivity index (χ2v) is 8.42. The standard InChI is InChI=1S/C26H33N3O4/c1-28-18-24(22-6-4-5-7-25(22)28)23(19-14-20(31-2)16-21(15-19)32-3)17-26(30)27-8-9-29-10-12-33-13-11-29/h4-7,14-16,18,23H,8-13,17H2,1-3H3,(H,27,30)/t23-/m0/s1. The van der Waals surface area contributed by atoms with Gasteiger partial charge >= 0.3 is 0 Å². The molecule has 1 aliphatic heterocycles. The lowest BCUT2D eigenvalue weighted by atomic mass is 9.87. The Kier molecular flexibility index (Phi) is 7.52. The van der Waals surface area contributed by atoms with Gasteiger partial charge in [-0.2, -0.15) is 0 Å². The predicted molar refractivity (Wildman–Crippen MR) is 129 cm³/mol. The quantitative estimate of drug-likeness (QED) is 0.541. The summed E-state index contributed by atoms with van der Waals surface area (Å²) in [7, 11) is 5.32. The van der Waals surface area contributed by atoms with Gasteiger partial charge in [0.15, 0.2) is 0 Å². The third-order valence-electron chi connectivity index (χ3n) is 6.32. The summed E-state index contributed by atoms with van der Waals surface area (Å²) in [6.07, 6.45) is 2.47. The number of amides is 1. The van der Waals surface area contributed by atoms with Crippen molar-refractivity contribution < 1.29 is 19.0 Å². The SMILES string of the molecule is COc1cc(OC)cc([C@H](CC(=O)NCCN2CCOCC2)c2cn(C)c3ccccc23)c1. The van der Waals surface area contributed by atoms with E-state index in [2.05, 4.69) is 33.1 Å². The van der Waals surface area contributed by atoms with Gasteiger partial charge in [0, 0.05) is 68.7 Å². The van der Waals surface area contributed by atoms with E-state index in [9.17, 15) is 4.79 Å². The van der Waals surface area contributed by atoms with Gasteiger partial charge in [-0.25, -0.2) is 0 Å². The number of benzene rings is 2. The first kappa shape index (κ1) is 23.1. The smallest absolute Gasteiger partial charge is 0.220 e. The predicted octanol–water partition coefficient (Wildman–Crippen LogP) is 3.17. The van der Waals surface area contributed by atoms with Crippen molar-refractivity contribution in [2.75, 3.05) is 53.6 Å². The fraction of sp³-hybridized carbons (Fsp3) is 0.423. The number of rotatable bonds is 9. The number of morpholine rings is 1. The molecule has 1 amide bonds. The number of aromatic nitrogens is 1. The lowest BCUT2D eigenvalue weighted by molar-refractivity contribution is -0.121. The van der Waals surface area contributed by atoms with Crippen LogP contribution >= 0.6 is 0 Å². The molecule has 2 heterocycles. The molecule has 0 radical (unpaired) electrons. The number of nitrogens with one attached hydrogen (secondary N) is 1. The monoisotopic (exact) mass is 451 g/mol. The van der Waals surface area contributed by atoms with Crippen molar-refractivity contribution in [1.82, 2.24) is 14.8 Å². The Morgan fingerprint density at radius 1 is 1.09 bits per heavy atom. The van der Waals surface area contributed by atoms with Crippen molar-refractivity contribution in [3.05, 3.63) is 59.8 Å². The van der Waals surface area contributed by atoms with E-state index in [1.54, 1.807) is 14.2 Å². The van der Waals surface area contributed by atoms with Crippen LogP contribution < -0.4 is 14.8 Å². The van der Waals surface area contributed by atoms with Crippen molar-refractivity contribution in [3.8, 4) is 11.5 Å². The third-order valence-corrected chi connectivity index (χ3v) is 6.32. The Labute approximate surface area is 195 Å². The zero-order valence-electron chi connectivity index (χ0n) is 19.7. The summed E-state index contributed by atoms with van der Waals surface area (Å²) in [5.41, 5.74) is 3.25. The molecule has 2 aromatic carbocycles. The summed E-state index contributed by atoms with van der Waals surface area (Å²) >= 11 is 0. The lowest BCUT2D eigenvalue weighted by Gasteiger charge is -2.26. The average Bonchev–Trinajstić information content (AvgIpc) is 3.19. The second kappa shape index (κ2) is 10.7. The van der Waals surface area contributed by atoms with E-state index in [0.29, 0.717) is 24.5 Å². The van der Waals surface area contributed by atoms with Crippen LogP contribution in [0.4, 0.5) is 0 Å². The Balaban J connectivity index is 1.60. The maximum Gasteiger partial charge on any atom is 0.220 e. The molecule has 3 aromatic rings. The molecule has 7 nitrogen and oxygen atoms in total. The normalized spacial score (nSPS) is 15.4. The fourth-order valence-electron chi connectivity index (χ4n) is 4.52. The van der Waals surface area contributed by atoms with Gasteiger partial charge in [0.25, 0.3) is 0 Å². The number of fused-ring (bicyclic) bond motifs is 1. The van der Waals surface area contributed by atoms with Gasteiger partial charge in [-0.1, -0.05) is 18.2 Å². The number of ether oxygens (including phenoxy) is 3. The first-order chi connectivity index (χ1) is 16.1. The Morgan fingerprint density at radius 3 is 2.48 bits per heavy atom. The van der Waals surface area contributed by atoms with Crippen LogP contribution in [-0.2, 0) is 16.6 Å². The van der Waals surface area contributed by atoms with Crippen LogP contribution in [0.15, 0.2) is 48.7 Å². The first-order valence-electron chi connectivity index (χ1n) is 11.4. The molecule has 0 aliphatic carbocycles. The number of nitrogens with zero attached hydrogens (tertiary/aromatic N) is 2. The molecule has 1 N–H and O–H groups in total. The summed E-state index contributed by atoms with van der Waals surface area (Å²) < 4.78 is 18.5. The highest BCUT2D eigenvalue weighted by molar-refractivity contribution is 5.86. The third kappa shape index (κ3) is 5.49. The van der Waals surface area contributed by atoms with Crippen LogP contribution in [0.3, 0.4) is 0 Å². The minimum absolute atomic E-state index is 0.0305. The minimum Gasteiger partial charge on any atom is -0.497 e. The molecule has 33 heavy (non-hydrogen) atoms. The maximum absolute atomic E-state index is 13.1. The van der Waals surface area contributed by atoms with Gasteiger partial charge in [0.1, 0.15) is 11.5 Å². The summed E-state index contributed by atoms with van der Waals surface area (Å²) in [6, 6.07) is 14.1. The molecule has 1 aliphatic rings. The topological polar surface area (TPSA) is 65.0 Å². The molecule has 1 fully saturated rings. The van der Waals surface area contributed by atoms with E-state index < -0.39 is 0 Å². The Morgan fingerprint density at radius 2 is 1.79 bits per heavy atom. The van der Waals surface area contributed by atoms with Gasteiger partial charge in [-0.15, -0.1) is 0 Å². The molecule has 176 valence electrons. The summed E-state index contributed by atoms with van der Waals surface area (Å²) in [5.74, 6) is 1.32. The molecule has 7 heteroatoms. The molecule has 0 unspecified atom stereocenters. The van der Waals surface area contributed by atoms with Crippen molar-refractivity contribution in [1.29, 1.82) is 0 Å². The van der Waals surface area contributed by atoms with Crippen molar-refractivity contribution in [2.24, 2.45) is 7.05 Å². The number of hydrogen-bond donors (Lipinski definition) is 1.